The smallest absolute Gasteiger partial charge is 0.0543 e. The monoisotopic (exact) mass is 908 g/mol. The fraction of sp³-hybridized carbons (Fsp3) is 0.0435. The standard InChI is InChI=1S/C69H52N2/c1-69(2)65-26-16-15-25-64(65)67-66(71(61-41-31-55(32-42-61)51-21-11-5-12-22-51)62-43-33-56(34-44-62)52-23-13-6-14-24-52)48-47-63(68(67)69)57-35-45-60(46-36-57)70(58-37-27-53(28-38-58)49-17-7-3-8-18-49)59-39-29-54(30-40-59)50-19-9-4-10-20-50/h3-48H,1-2H3. The Morgan fingerprint density at radius 3 is 0.901 bits per heavy atom. The zero-order chi connectivity index (χ0) is 47.7. The van der Waals surface area contributed by atoms with Crippen molar-refractivity contribution in [2.24, 2.45) is 0 Å². The fourth-order valence-corrected chi connectivity index (χ4v) is 10.7. The van der Waals surface area contributed by atoms with Crippen LogP contribution in [0.4, 0.5) is 34.1 Å². The van der Waals surface area contributed by atoms with E-state index in [1.807, 2.05) is 0 Å². The van der Waals surface area contributed by atoms with Crippen LogP contribution >= 0.6 is 0 Å². The molecule has 0 unspecified atom stereocenters. The number of nitrogens with zero attached hydrogens (tertiary/aromatic N) is 2. The topological polar surface area (TPSA) is 6.48 Å². The lowest BCUT2D eigenvalue weighted by atomic mass is 9.78. The summed E-state index contributed by atoms with van der Waals surface area (Å²) in [7, 11) is 0. The third kappa shape index (κ3) is 8.20. The van der Waals surface area contributed by atoms with E-state index < -0.39 is 0 Å². The summed E-state index contributed by atoms with van der Waals surface area (Å²) in [5, 5.41) is 0. The van der Waals surface area contributed by atoms with Crippen LogP contribution in [0.1, 0.15) is 25.0 Å². The fourth-order valence-electron chi connectivity index (χ4n) is 10.7. The lowest BCUT2D eigenvalue weighted by Gasteiger charge is -2.31. The highest BCUT2D eigenvalue weighted by Gasteiger charge is 2.40. The molecule has 0 amide bonds. The minimum atomic E-state index is -0.275. The molecule has 71 heavy (non-hydrogen) atoms. The normalized spacial score (nSPS) is 12.2. The second kappa shape index (κ2) is 18.5. The van der Waals surface area contributed by atoms with Crippen LogP contribution in [0.2, 0.25) is 0 Å². The van der Waals surface area contributed by atoms with Gasteiger partial charge in [-0.2, -0.15) is 0 Å². The highest BCUT2D eigenvalue weighted by atomic mass is 15.1. The summed E-state index contributed by atoms with van der Waals surface area (Å²) in [5.74, 6) is 0. The molecule has 0 bridgehead atoms. The summed E-state index contributed by atoms with van der Waals surface area (Å²) >= 11 is 0. The van der Waals surface area contributed by atoms with Gasteiger partial charge in [0.2, 0.25) is 0 Å². The summed E-state index contributed by atoms with van der Waals surface area (Å²) in [6.07, 6.45) is 0. The van der Waals surface area contributed by atoms with Crippen LogP contribution in [0.3, 0.4) is 0 Å². The van der Waals surface area contributed by atoms with Crippen LogP contribution in [0.15, 0.2) is 279 Å². The van der Waals surface area contributed by atoms with Crippen LogP contribution in [-0.2, 0) is 5.41 Å². The molecular weight excluding hydrogens is 857 g/mol. The number of hydrogen-bond donors (Lipinski definition) is 0. The summed E-state index contributed by atoms with van der Waals surface area (Å²) in [5.41, 5.74) is 23.6. The SMILES string of the molecule is CC1(C)c2ccccc2-c2c(N(c3ccc(-c4ccccc4)cc3)c3ccc(-c4ccccc4)cc3)ccc(-c3ccc(N(c4ccc(-c5ccccc5)cc4)c4ccc(-c5ccccc5)cc4)cc3)c21. The van der Waals surface area contributed by atoms with Gasteiger partial charge < -0.3 is 9.80 Å². The molecule has 2 heteroatoms. The van der Waals surface area contributed by atoms with E-state index >= 15 is 0 Å². The Hall–Kier alpha value is -8.98. The van der Waals surface area contributed by atoms with Crippen molar-refractivity contribution in [3.8, 4) is 66.8 Å². The van der Waals surface area contributed by atoms with Crippen molar-refractivity contribution in [2.75, 3.05) is 9.80 Å². The average Bonchev–Trinajstić information content (AvgIpc) is 3.69. The first-order valence-electron chi connectivity index (χ1n) is 24.6. The first kappa shape index (κ1) is 43.3. The summed E-state index contributed by atoms with van der Waals surface area (Å²) in [4.78, 5) is 4.82. The highest BCUT2D eigenvalue weighted by Crippen LogP contribution is 2.57. The first-order valence-corrected chi connectivity index (χ1v) is 24.6. The minimum absolute atomic E-state index is 0.275. The van der Waals surface area contributed by atoms with Gasteiger partial charge in [0.25, 0.3) is 0 Å². The molecule has 0 saturated heterocycles. The van der Waals surface area contributed by atoms with Crippen molar-refractivity contribution in [1.29, 1.82) is 0 Å². The van der Waals surface area contributed by atoms with Crippen LogP contribution < -0.4 is 9.80 Å². The maximum absolute atomic E-state index is 2.46. The van der Waals surface area contributed by atoms with Gasteiger partial charge >= 0.3 is 0 Å². The number of rotatable bonds is 11. The molecule has 0 N–H and O–H groups in total. The van der Waals surface area contributed by atoms with E-state index in [1.165, 1.54) is 77.9 Å². The van der Waals surface area contributed by atoms with E-state index in [4.69, 9.17) is 0 Å². The van der Waals surface area contributed by atoms with Gasteiger partial charge in [0, 0.05) is 39.4 Å². The molecule has 0 spiro atoms. The quantitative estimate of drug-likeness (QED) is 0.128. The lowest BCUT2D eigenvalue weighted by molar-refractivity contribution is 0.662. The van der Waals surface area contributed by atoms with Gasteiger partial charge in [-0.1, -0.05) is 226 Å². The Bertz CT molecular complexity index is 3420. The Kier molecular flexibility index (Phi) is 11.3. The van der Waals surface area contributed by atoms with Crippen LogP contribution in [0.5, 0.6) is 0 Å². The minimum Gasteiger partial charge on any atom is -0.311 e. The molecule has 0 aromatic heterocycles. The Morgan fingerprint density at radius 2 is 0.535 bits per heavy atom. The molecule has 11 aromatic carbocycles. The van der Waals surface area contributed by atoms with Crippen LogP contribution in [-0.4, -0.2) is 0 Å². The van der Waals surface area contributed by atoms with Crippen LogP contribution in [0, 0.1) is 0 Å². The number of fused-ring (bicyclic) bond motifs is 3. The van der Waals surface area contributed by atoms with Gasteiger partial charge in [-0.3, -0.25) is 0 Å². The molecule has 0 atom stereocenters. The van der Waals surface area contributed by atoms with E-state index in [-0.39, 0.29) is 5.41 Å². The molecule has 0 aliphatic heterocycles. The van der Waals surface area contributed by atoms with E-state index in [2.05, 4.69) is 303 Å². The molecule has 12 rings (SSSR count). The van der Waals surface area contributed by atoms with Crippen molar-refractivity contribution in [2.45, 2.75) is 19.3 Å². The second-order valence-electron chi connectivity index (χ2n) is 18.9. The van der Waals surface area contributed by atoms with Crippen molar-refractivity contribution < 1.29 is 0 Å². The Labute approximate surface area is 418 Å². The van der Waals surface area contributed by atoms with Crippen molar-refractivity contribution in [1.82, 2.24) is 0 Å². The maximum atomic E-state index is 2.46. The average molecular weight is 909 g/mol. The van der Waals surface area contributed by atoms with E-state index in [1.54, 1.807) is 0 Å². The van der Waals surface area contributed by atoms with Crippen molar-refractivity contribution in [3.05, 3.63) is 290 Å². The molecule has 0 fully saturated rings. The summed E-state index contributed by atoms with van der Waals surface area (Å²) in [6.45, 7) is 4.79. The largest absolute Gasteiger partial charge is 0.311 e. The molecule has 1 aliphatic carbocycles. The van der Waals surface area contributed by atoms with Gasteiger partial charge in [-0.05, 0) is 139 Å². The van der Waals surface area contributed by atoms with E-state index in [0.717, 1.165) is 34.1 Å². The molecule has 2 nitrogen and oxygen atoms in total. The number of hydrogen-bond acceptors (Lipinski definition) is 2. The maximum Gasteiger partial charge on any atom is 0.0543 e. The summed E-state index contributed by atoms with van der Waals surface area (Å²) < 4.78 is 0. The van der Waals surface area contributed by atoms with Gasteiger partial charge in [-0.25, -0.2) is 0 Å². The first-order chi connectivity index (χ1) is 35.0. The Morgan fingerprint density at radius 1 is 0.239 bits per heavy atom. The van der Waals surface area contributed by atoms with Gasteiger partial charge in [0.15, 0.2) is 0 Å². The molecule has 1 aliphatic rings. The van der Waals surface area contributed by atoms with Crippen molar-refractivity contribution in [3.63, 3.8) is 0 Å². The number of anilines is 6. The molecule has 0 radical (unpaired) electrons. The van der Waals surface area contributed by atoms with Crippen molar-refractivity contribution >= 4 is 34.1 Å². The van der Waals surface area contributed by atoms with E-state index in [9.17, 15) is 0 Å². The molecule has 0 heterocycles. The third-order valence-electron chi connectivity index (χ3n) is 14.3. The van der Waals surface area contributed by atoms with Gasteiger partial charge in [-0.15, -0.1) is 0 Å². The molecule has 338 valence electrons. The molecule has 11 aromatic rings. The molecule has 0 saturated carbocycles. The number of benzene rings is 11. The van der Waals surface area contributed by atoms with Crippen LogP contribution in [0.25, 0.3) is 66.8 Å². The second-order valence-corrected chi connectivity index (χ2v) is 18.9. The molecular formula is C69H52N2. The van der Waals surface area contributed by atoms with E-state index in [0.29, 0.717) is 0 Å². The predicted molar refractivity (Wildman–Crippen MR) is 301 cm³/mol. The zero-order valence-electron chi connectivity index (χ0n) is 40.0. The third-order valence-corrected chi connectivity index (χ3v) is 14.3. The predicted octanol–water partition coefficient (Wildman–Crippen LogP) is 19.3. The van der Waals surface area contributed by atoms with Gasteiger partial charge in [0.05, 0.1) is 5.69 Å². The lowest BCUT2D eigenvalue weighted by Crippen LogP contribution is -2.17. The zero-order valence-corrected chi connectivity index (χ0v) is 40.0. The highest BCUT2D eigenvalue weighted by molar-refractivity contribution is 5.99. The van der Waals surface area contributed by atoms with Gasteiger partial charge in [0.1, 0.15) is 0 Å². The summed E-state index contributed by atoms with van der Waals surface area (Å²) in [6, 6.07) is 101. The Balaban J connectivity index is 0.977.